The molecule has 1 N–H and O–H groups in total. The van der Waals surface area contributed by atoms with Crippen LogP contribution in [-0.2, 0) is 16.0 Å². The molecular formula is C18H17BrFNO3. The van der Waals surface area contributed by atoms with Crippen LogP contribution in [0.25, 0.3) is 0 Å². The van der Waals surface area contributed by atoms with Gasteiger partial charge in [0.15, 0.2) is 6.61 Å². The van der Waals surface area contributed by atoms with E-state index in [0.29, 0.717) is 17.4 Å². The summed E-state index contributed by atoms with van der Waals surface area (Å²) in [6.45, 7) is 2.00. The van der Waals surface area contributed by atoms with Gasteiger partial charge < -0.3 is 10.1 Å². The third kappa shape index (κ3) is 5.16. The van der Waals surface area contributed by atoms with Crippen molar-refractivity contribution in [3.63, 3.8) is 0 Å². The summed E-state index contributed by atoms with van der Waals surface area (Å²) in [5.74, 6) is -1.99. The molecule has 126 valence electrons. The first-order valence-electron chi connectivity index (χ1n) is 7.41. The first-order valence-corrected chi connectivity index (χ1v) is 8.20. The van der Waals surface area contributed by atoms with Crippen LogP contribution in [0.15, 0.2) is 46.9 Å². The number of hydrogen-bond acceptors (Lipinski definition) is 3. The molecular weight excluding hydrogens is 377 g/mol. The van der Waals surface area contributed by atoms with Gasteiger partial charge in [0.05, 0.1) is 5.56 Å². The lowest BCUT2D eigenvalue weighted by Crippen LogP contribution is -2.30. The summed E-state index contributed by atoms with van der Waals surface area (Å²) in [5, 5.41) is 2.67. The van der Waals surface area contributed by atoms with Crippen LogP contribution in [0, 0.1) is 12.7 Å². The minimum atomic E-state index is -0.867. The highest BCUT2D eigenvalue weighted by atomic mass is 79.9. The first-order chi connectivity index (χ1) is 11.5. The molecule has 0 saturated carbocycles. The van der Waals surface area contributed by atoms with Gasteiger partial charge in [0, 0.05) is 11.0 Å². The summed E-state index contributed by atoms with van der Waals surface area (Å²) in [7, 11) is 0. The average molecular weight is 394 g/mol. The van der Waals surface area contributed by atoms with E-state index in [9.17, 15) is 14.0 Å². The Kier molecular flexibility index (Phi) is 6.49. The summed E-state index contributed by atoms with van der Waals surface area (Å²) in [6.07, 6.45) is 0.688. The second kappa shape index (κ2) is 8.59. The van der Waals surface area contributed by atoms with Crippen molar-refractivity contribution in [3.8, 4) is 0 Å². The van der Waals surface area contributed by atoms with E-state index in [1.54, 1.807) is 0 Å². The molecule has 0 aromatic heterocycles. The molecule has 0 fully saturated rings. The zero-order valence-electron chi connectivity index (χ0n) is 13.1. The Morgan fingerprint density at radius 1 is 1.21 bits per heavy atom. The van der Waals surface area contributed by atoms with Gasteiger partial charge in [0.2, 0.25) is 0 Å². The molecule has 24 heavy (non-hydrogen) atoms. The van der Waals surface area contributed by atoms with E-state index in [1.807, 2.05) is 31.2 Å². The van der Waals surface area contributed by atoms with Crippen molar-refractivity contribution in [1.29, 1.82) is 0 Å². The zero-order valence-corrected chi connectivity index (χ0v) is 14.7. The molecule has 0 aliphatic carbocycles. The first kappa shape index (κ1) is 18.1. The average Bonchev–Trinajstić information content (AvgIpc) is 2.54. The molecule has 0 unspecified atom stereocenters. The lowest BCUT2D eigenvalue weighted by atomic mass is 10.1. The smallest absolute Gasteiger partial charge is 0.341 e. The van der Waals surface area contributed by atoms with Crippen LogP contribution in [0.1, 0.15) is 21.5 Å². The Hall–Kier alpha value is -2.21. The molecule has 2 aromatic carbocycles. The Morgan fingerprint density at radius 3 is 2.67 bits per heavy atom. The number of ether oxygens (including phenoxy) is 1. The Bertz CT molecular complexity index is 749. The highest BCUT2D eigenvalue weighted by Gasteiger charge is 2.15. The number of carbonyl (C=O) groups is 2. The third-order valence-electron chi connectivity index (χ3n) is 3.46. The SMILES string of the molecule is Cc1ccccc1CCNC(=O)COC(=O)c1ccc(Br)cc1F. The molecule has 6 heteroatoms. The second-order valence-electron chi connectivity index (χ2n) is 5.23. The minimum absolute atomic E-state index is 0.203. The highest BCUT2D eigenvalue weighted by molar-refractivity contribution is 9.10. The van der Waals surface area contributed by atoms with E-state index in [0.717, 1.165) is 11.1 Å². The van der Waals surface area contributed by atoms with Crippen LogP contribution >= 0.6 is 15.9 Å². The van der Waals surface area contributed by atoms with E-state index in [4.69, 9.17) is 4.74 Å². The topological polar surface area (TPSA) is 55.4 Å². The van der Waals surface area contributed by atoms with Crippen LogP contribution in [-0.4, -0.2) is 25.0 Å². The van der Waals surface area contributed by atoms with Gasteiger partial charge in [-0.25, -0.2) is 9.18 Å². The number of nitrogens with one attached hydrogen (secondary N) is 1. The van der Waals surface area contributed by atoms with Crippen molar-refractivity contribution in [2.45, 2.75) is 13.3 Å². The van der Waals surface area contributed by atoms with Gasteiger partial charge >= 0.3 is 5.97 Å². The van der Waals surface area contributed by atoms with Gasteiger partial charge in [-0.3, -0.25) is 4.79 Å². The molecule has 1 amide bonds. The van der Waals surface area contributed by atoms with Gasteiger partial charge in [-0.2, -0.15) is 0 Å². The van der Waals surface area contributed by atoms with Gasteiger partial charge in [0.1, 0.15) is 5.82 Å². The quantitative estimate of drug-likeness (QED) is 0.765. The molecule has 0 heterocycles. The molecule has 0 aliphatic heterocycles. The predicted octanol–water partition coefficient (Wildman–Crippen LogP) is 3.41. The van der Waals surface area contributed by atoms with E-state index in [2.05, 4.69) is 21.2 Å². The van der Waals surface area contributed by atoms with Gasteiger partial charge in [-0.05, 0) is 42.7 Å². The molecule has 0 aliphatic rings. The monoisotopic (exact) mass is 393 g/mol. The fourth-order valence-electron chi connectivity index (χ4n) is 2.14. The lowest BCUT2D eigenvalue weighted by Gasteiger charge is -2.08. The number of esters is 1. The fourth-order valence-corrected chi connectivity index (χ4v) is 2.48. The Morgan fingerprint density at radius 2 is 1.96 bits per heavy atom. The number of amides is 1. The van der Waals surface area contributed by atoms with Gasteiger partial charge in [-0.1, -0.05) is 40.2 Å². The molecule has 2 rings (SSSR count). The van der Waals surface area contributed by atoms with Crippen LogP contribution in [0.4, 0.5) is 4.39 Å². The normalized spacial score (nSPS) is 10.3. The van der Waals surface area contributed by atoms with Crippen LogP contribution in [0.2, 0.25) is 0 Å². The summed E-state index contributed by atoms with van der Waals surface area (Å²) < 4.78 is 19.0. The number of halogens is 2. The van der Waals surface area contributed by atoms with E-state index in [-0.39, 0.29) is 5.56 Å². The number of hydrogen-bond donors (Lipinski definition) is 1. The fraction of sp³-hybridized carbons (Fsp3) is 0.222. The maximum Gasteiger partial charge on any atom is 0.341 e. The van der Waals surface area contributed by atoms with E-state index < -0.39 is 24.3 Å². The van der Waals surface area contributed by atoms with Crippen molar-refractivity contribution in [3.05, 3.63) is 69.4 Å². The Labute approximate surface area is 148 Å². The molecule has 0 spiro atoms. The summed E-state index contributed by atoms with van der Waals surface area (Å²) in [5.41, 5.74) is 2.10. The van der Waals surface area contributed by atoms with E-state index in [1.165, 1.54) is 18.2 Å². The van der Waals surface area contributed by atoms with Crippen LogP contribution < -0.4 is 5.32 Å². The maximum absolute atomic E-state index is 13.6. The highest BCUT2D eigenvalue weighted by Crippen LogP contribution is 2.16. The van der Waals surface area contributed by atoms with Gasteiger partial charge in [-0.15, -0.1) is 0 Å². The van der Waals surface area contributed by atoms with Gasteiger partial charge in [0.25, 0.3) is 5.91 Å². The summed E-state index contributed by atoms with van der Waals surface area (Å²) in [4.78, 5) is 23.5. The molecule has 2 aromatic rings. The third-order valence-corrected chi connectivity index (χ3v) is 3.96. The molecule has 0 saturated heterocycles. The van der Waals surface area contributed by atoms with E-state index >= 15 is 0 Å². The Balaban J connectivity index is 1.77. The van der Waals surface area contributed by atoms with Crippen molar-refractivity contribution in [1.82, 2.24) is 5.32 Å². The largest absolute Gasteiger partial charge is 0.452 e. The summed E-state index contributed by atoms with van der Waals surface area (Å²) in [6, 6.07) is 11.9. The number of carbonyl (C=O) groups excluding carboxylic acids is 2. The standard InChI is InChI=1S/C18H17BrFNO3/c1-12-4-2-3-5-13(12)8-9-21-17(22)11-24-18(23)15-7-6-14(19)10-16(15)20/h2-7,10H,8-9,11H2,1H3,(H,21,22). The number of rotatable bonds is 6. The molecule has 0 atom stereocenters. The number of benzene rings is 2. The van der Waals surface area contributed by atoms with Crippen molar-refractivity contribution >= 4 is 27.8 Å². The summed E-state index contributed by atoms with van der Waals surface area (Å²) >= 11 is 3.10. The molecule has 0 radical (unpaired) electrons. The molecule has 4 nitrogen and oxygen atoms in total. The maximum atomic E-state index is 13.6. The zero-order chi connectivity index (χ0) is 17.5. The number of aryl methyl sites for hydroxylation is 1. The predicted molar refractivity (Wildman–Crippen MR) is 92.3 cm³/mol. The van der Waals surface area contributed by atoms with Crippen LogP contribution in [0.3, 0.4) is 0 Å². The van der Waals surface area contributed by atoms with Crippen molar-refractivity contribution < 1.29 is 18.7 Å². The lowest BCUT2D eigenvalue weighted by molar-refractivity contribution is -0.124. The minimum Gasteiger partial charge on any atom is -0.452 e. The van der Waals surface area contributed by atoms with Crippen LogP contribution in [0.5, 0.6) is 0 Å². The molecule has 0 bridgehead atoms. The van der Waals surface area contributed by atoms with Crippen molar-refractivity contribution in [2.24, 2.45) is 0 Å². The second-order valence-corrected chi connectivity index (χ2v) is 6.14. The van der Waals surface area contributed by atoms with Crippen molar-refractivity contribution in [2.75, 3.05) is 13.2 Å².